The second-order valence-corrected chi connectivity index (χ2v) is 5.44. The molecule has 0 bridgehead atoms. The fraction of sp³-hybridized carbons (Fsp3) is 0.235. The number of carbonyl (C=O) groups excluding carboxylic acids is 1. The van der Waals surface area contributed by atoms with Gasteiger partial charge in [-0.1, -0.05) is 54.1 Å². The van der Waals surface area contributed by atoms with Gasteiger partial charge < -0.3 is 5.73 Å². The van der Waals surface area contributed by atoms with E-state index in [1.807, 2.05) is 55.5 Å². The Hall–Kier alpha value is -1.64. The molecule has 1 unspecified atom stereocenters. The summed E-state index contributed by atoms with van der Waals surface area (Å²) in [5.41, 5.74) is 8.98. The number of nitrogens with two attached hydrogens (primary N) is 1. The lowest BCUT2D eigenvalue weighted by molar-refractivity contribution is -0.119. The fourth-order valence-corrected chi connectivity index (χ4v) is 2.40. The van der Waals surface area contributed by atoms with Gasteiger partial charge in [0.1, 0.15) is 0 Å². The van der Waals surface area contributed by atoms with Gasteiger partial charge in [-0.05, 0) is 36.1 Å². The Morgan fingerprint density at radius 2 is 1.90 bits per heavy atom. The smallest absolute Gasteiger partial charge is 0.154 e. The van der Waals surface area contributed by atoms with Crippen LogP contribution in [0.15, 0.2) is 48.5 Å². The first-order chi connectivity index (χ1) is 9.56. The molecule has 0 spiro atoms. The highest BCUT2D eigenvalue weighted by Crippen LogP contribution is 2.19. The number of aryl methyl sites for hydroxylation is 1. The average Bonchev–Trinajstić information content (AvgIpc) is 2.43. The fourth-order valence-electron chi connectivity index (χ4n) is 2.10. The predicted octanol–water partition coefficient (Wildman–Crippen LogP) is 3.33. The van der Waals surface area contributed by atoms with E-state index in [1.165, 1.54) is 0 Å². The number of rotatable bonds is 5. The number of benzene rings is 2. The van der Waals surface area contributed by atoms with Gasteiger partial charge in [-0.3, -0.25) is 4.79 Å². The molecular weight excluding hydrogens is 270 g/mol. The summed E-state index contributed by atoms with van der Waals surface area (Å²) in [5.74, 6) is 0.0135. The Morgan fingerprint density at radius 3 is 2.55 bits per heavy atom. The van der Waals surface area contributed by atoms with E-state index in [-0.39, 0.29) is 12.2 Å². The summed E-state index contributed by atoms with van der Waals surface area (Å²) in [4.78, 5) is 12.2. The Bertz CT molecular complexity index is 595. The second kappa shape index (κ2) is 6.69. The maximum atomic E-state index is 12.2. The molecule has 0 amide bonds. The summed E-state index contributed by atoms with van der Waals surface area (Å²) in [6.07, 6.45) is 0.844. The molecule has 3 heteroatoms. The van der Waals surface area contributed by atoms with Crippen molar-refractivity contribution in [2.75, 3.05) is 0 Å². The summed E-state index contributed by atoms with van der Waals surface area (Å²) in [6.45, 7) is 1.97. The van der Waals surface area contributed by atoms with Crippen molar-refractivity contribution < 1.29 is 4.79 Å². The van der Waals surface area contributed by atoms with Gasteiger partial charge in [-0.15, -0.1) is 0 Å². The van der Waals surface area contributed by atoms with Crippen molar-refractivity contribution in [3.8, 4) is 0 Å². The van der Waals surface area contributed by atoms with E-state index in [1.54, 1.807) is 0 Å². The molecule has 0 heterocycles. The second-order valence-electron chi connectivity index (χ2n) is 5.03. The Morgan fingerprint density at radius 1 is 1.20 bits per heavy atom. The van der Waals surface area contributed by atoms with E-state index in [2.05, 4.69) is 0 Å². The quantitative estimate of drug-likeness (QED) is 0.916. The maximum Gasteiger partial charge on any atom is 0.154 e. The van der Waals surface area contributed by atoms with Crippen molar-refractivity contribution >= 4 is 17.4 Å². The SMILES string of the molecule is Cc1ccc(CC(=O)C(N)Cc2ccccc2)c(Cl)c1. The van der Waals surface area contributed by atoms with Gasteiger partial charge in [0.25, 0.3) is 0 Å². The minimum Gasteiger partial charge on any atom is -0.321 e. The first-order valence-corrected chi connectivity index (χ1v) is 7.01. The molecule has 2 rings (SSSR count). The van der Waals surface area contributed by atoms with Crippen molar-refractivity contribution in [1.29, 1.82) is 0 Å². The molecule has 2 N–H and O–H groups in total. The molecular formula is C17H18ClNO. The van der Waals surface area contributed by atoms with Gasteiger partial charge in [-0.25, -0.2) is 0 Å². The van der Waals surface area contributed by atoms with Crippen LogP contribution in [-0.2, 0) is 17.6 Å². The molecule has 20 heavy (non-hydrogen) atoms. The molecule has 104 valence electrons. The molecule has 0 saturated heterocycles. The highest BCUT2D eigenvalue weighted by molar-refractivity contribution is 6.31. The minimum atomic E-state index is -0.491. The molecule has 2 nitrogen and oxygen atoms in total. The minimum absolute atomic E-state index is 0.0135. The van der Waals surface area contributed by atoms with Gasteiger partial charge in [-0.2, -0.15) is 0 Å². The van der Waals surface area contributed by atoms with Crippen LogP contribution in [0.4, 0.5) is 0 Å². The maximum absolute atomic E-state index is 12.2. The first-order valence-electron chi connectivity index (χ1n) is 6.63. The van der Waals surface area contributed by atoms with Crippen molar-refractivity contribution in [2.24, 2.45) is 5.73 Å². The van der Waals surface area contributed by atoms with Crippen LogP contribution in [0.2, 0.25) is 5.02 Å². The van der Waals surface area contributed by atoms with E-state index in [0.29, 0.717) is 11.4 Å². The zero-order valence-electron chi connectivity index (χ0n) is 11.5. The van der Waals surface area contributed by atoms with Gasteiger partial charge in [0.2, 0.25) is 0 Å². The Kier molecular flexibility index (Phi) is 4.94. The van der Waals surface area contributed by atoms with E-state index in [4.69, 9.17) is 17.3 Å². The lowest BCUT2D eigenvalue weighted by Crippen LogP contribution is -2.34. The molecule has 0 radical (unpaired) electrons. The Labute approximate surface area is 124 Å². The zero-order valence-corrected chi connectivity index (χ0v) is 12.2. The topological polar surface area (TPSA) is 43.1 Å². The van der Waals surface area contributed by atoms with Crippen LogP contribution in [0.1, 0.15) is 16.7 Å². The van der Waals surface area contributed by atoms with Crippen LogP contribution in [0.3, 0.4) is 0 Å². The normalized spacial score (nSPS) is 12.2. The summed E-state index contributed by atoms with van der Waals surface area (Å²) >= 11 is 6.15. The van der Waals surface area contributed by atoms with Gasteiger partial charge in [0.05, 0.1) is 6.04 Å². The number of Topliss-reactive ketones (excluding diaryl/α,β-unsaturated/α-hetero) is 1. The number of hydrogen-bond acceptors (Lipinski definition) is 2. The first kappa shape index (κ1) is 14.8. The van der Waals surface area contributed by atoms with E-state index >= 15 is 0 Å². The van der Waals surface area contributed by atoms with Crippen LogP contribution < -0.4 is 5.73 Å². The van der Waals surface area contributed by atoms with Crippen LogP contribution in [0.25, 0.3) is 0 Å². The molecule has 0 aliphatic rings. The number of carbonyl (C=O) groups is 1. The summed E-state index contributed by atoms with van der Waals surface area (Å²) in [6, 6.07) is 15.0. The molecule has 0 saturated carbocycles. The molecule has 0 aliphatic heterocycles. The van der Waals surface area contributed by atoms with Crippen LogP contribution in [0, 0.1) is 6.92 Å². The molecule has 0 aromatic heterocycles. The van der Waals surface area contributed by atoms with Crippen molar-refractivity contribution in [2.45, 2.75) is 25.8 Å². The molecule has 0 fully saturated rings. The molecule has 0 aliphatic carbocycles. The standard InChI is InChI=1S/C17H18ClNO/c1-12-7-8-14(15(18)9-12)11-17(20)16(19)10-13-5-3-2-4-6-13/h2-9,16H,10-11,19H2,1H3. The third kappa shape index (κ3) is 3.92. The van der Waals surface area contributed by atoms with Gasteiger partial charge in [0.15, 0.2) is 5.78 Å². The zero-order chi connectivity index (χ0) is 14.5. The largest absolute Gasteiger partial charge is 0.321 e. The average molecular weight is 288 g/mol. The van der Waals surface area contributed by atoms with E-state index < -0.39 is 6.04 Å². The van der Waals surface area contributed by atoms with Crippen molar-refractivity contribution in [3.05, 3.63) is 70.2 Å². The molecule has 1 atom stereocenters. The van der Waals surface area contributed by atoms with Crippen LogP contribution in [0.5, 0.6) is 0 Å². The monoisotopic (exact) mass is 287 g/mol. The summed E-state index contributed by atoms with van der Waals surface area (Å²) in [5, 5.41) is 0.630. The lowest BCUT2D eigenvalue weighted by Gasteiger charge is -2.11. The molecule has 2 aromatic rings. The Balaban J connectivity index is 2.01. The number of ketones is 1. The van der Waals surface area contributed by atoms with Crippen molar-refractivity contribution in [3.63, 3.8) is 0 Å². The van der Waals surface area contributed by atoms with E-state index in [9.17, 15) is 4.79 Å². The summed E-state index contributed by atoms with van der Waals surface area (Å²) < 4.78 is 0. The van der Waals surface area contributed by atoms with Gasteiger partial charge in [0, 0.05) is 11.4 Å². The van der Waals surface area contributed by atoms with Crippen molar-refractivity contribution in [1.82, 2.24) is 0 Å². The number of hydrogen-bond donors (Lipinski definition) is 1. The number of halogens is 1. The third-order valence-electron chi connectivity index (χ3n) is 3.29. The third-order valence-corrected chi connectivity index (χ3v) is 3.64. The van der Waals surface area contributed by atoms with Gasteiger partial charge >= 0.3 is 0 Å². The summed E-state index contributed by atoms with van der Waals surface area (Å²) in [7, 11) is 0. The predicted molar refractivity (Wildman–Crippen MR) is 83.0 cm³/mol. The van der Waals surface area contributed by atoms with Crippen LogP contribution >= 0.6 is 11.6 Å². The van der Waals surface area contributed by atoms with Crippen LogP contribution in [-0.4, -0.2) is 11.8 Å². The highest BCUT2D eigenvalue weighted by atomic mass is 35.5. The lowest BCUT2D eigenvalue weighted by atomic mass is 9.98. The molecule has 2 aromatic carbocycles. The highest BCUT2D eigenvalue weighted by Gasteiger charge is 2.16. The van der Waals surface area contributed by atoms with E-state index in [0.717, 1.165) is 16.7 Å².